The Morgan fingerprint density at radius 2 is 0.962 bits per heavy atom. The first kappa shape index (κ1) is 29.6. The van der Waals surface area contributed by atoms with E-state index in [1.54, 1.807) is 0 Å². The van der Waals surface area contributed by atoms with E-state index in [-0.39, 0.29) is 0 Å². The van der Waals surface area contributed by atoms with Gasteiger partial charge >= 0.3 is 0 Å². The summed E-state index contributed by atoms with van der Waals surface area (Å²) in [5, 5.41) is 9.19. The van der Waals surface area contributed by atoms with Gasteiger partial charge in [0.05, 0.1) is 11.1 Å². The summed E-state index contributed by atoms with van der Waals surface area (Å²) >= 11 is 0. The molecule has 2 aromatic heterocycles. The Morgan fingerprint density at radius 3 is 1.81 bits per heavy atom. The first-order valence-electron chi connectivity index (χ1n) is 18.0. The van der Waals surface area contributed by atoms with Crippen molar-refractivity contribution in [3.8, 4) is 22.3 Å². The molecule has 53 heavy (non-hydrogen) atoms. The zero-order valence-electron chi connectivity index (χ0n) is 28.7. The van der Waals surface area contributed by atoms with E-state index in [2.05, 4.69) is 181 Å². The largest absolute Gasteiger partial charge is 0.456 e. The third-order valence-corrected chi connectivity index (χ3v) is 10.6. The van der Waals surface area contributed by atoms with Crippen molar-refractivity contribution in [3.05, 3.63) is 188 Å². The summed E-state index contributed by atoms with van der Waals surface area (Å²) in [7, 11) is 0. The number of anilines is 3. The molecule has 0 radical (unpaired) electrons. The summed E-state index contributed by atoms with van der Waals surface area (Å²) in [4.78, 5) is 2.37. The fourth-order valence-electron chi connectivity index (χ4n) is 8.11. The third kappa shape index (κ3) is 4.75. The highest BCUT2D eigenvalue weighted by Crippen LogP contribution is 2.48. The Labute approximate surface area is 305 Å². The zero-order chi connectivity index (χ0) is 34.9. The predicted octanol–water partition coefficient (Wildman–Crippen LogP) is 14.6. The second-order valence-electron chi connectivity index (χ2n) is 13.7. The molecule has 248 valence electrons. The Morgan fingerprint density at radius 1 is 0.340 bits per heavy atom. The molecule has 0 aliphatic carbocycles. The summed E-state index contributed by atoms with van der Waals surface area (Å²) < 4.78 is 13.4. The third-order valence-electron chi connectivity index (χ3n) is 10.6. The van der Waals surface area contributed by atoms with Gasteiger partial charge in [-0.25, -0.2) is 0 Å². The van der Waals surface area contributed by atoms with Crippen molar-refractivity contribution < 1.29 is 8.83 Å². The van der Waals surface area contributed by atoms with Gasteiger partial charge in [0.2, 0.25) is 0 Å². The minimum atomic E-state index is 0.849. The summed E-state index contributed by atoms with van der Waals surface area (Å²) in [5.41, 5.74) is 11.0. The van der Waals surface area contributed by atoms with E-state index >= 15 is 0 Å². The standard InChI is InChI=1S/C50H31NO2/c1-3-11-32(12-4-1)36-22-25-43-47(29-36)53-50-40(33-13-5-2-6-14-33)27-28-45(49(43)50)51(38-24-26-42-41-17-9-10-18-46(41)52-48(42)31-38)37-23-21-35-20-19-34-15-7-8-16-39(34)44(35)30-37/h1-31H. The molecule has 11 aromatic rings. The van der Waals surface area contributed by atoms with E-state index in [0.29, 0.717) is 0 Å². The number of fused-ring (bicyclic) bond motifs is 9. The van der Waals surface area contributed by atoms with E-state index in [0.717, 1.165) is 83.2 Å². The fourth-order valence-corrected chi connectivity index (χ4v) is 8.11. The summed E-state index contributed by atoms with van der Waals surface area (Å²) in [5.74, 6) is 0. The minimum absolute atomic E-state index is 0.849. The molecular formula is C50H31NO2. The second-order valence-corrected chi connectivity index (χ2v) is 13.7. The van der Waals surface area contributed by atoms with Gasteiger partial charge in [0.15, 0.2) is 0 Å². The fraction of sp³-hybridized carbons (Fsp3) is 0. The van der Waals surface area contributed by atoms with Crippen LogP contribution >= 0.6 is 0 Å². The van der Waals surface area contributed by atoms with Crippen LogP contribution in [0.4, 0.5) is 17.1 Å². The molecule has 3 nitrogen and oxygen atoms in total. The minimum Gasteiger partial charge on any atom is -0.456 e. The van der Waals surface area contributed by atoms with Crippen LogP contribution in [-0.4, -0.2) is 0 Å². The number of rotatable bonds is 5. The highest BCUT2D eigenvalue weighted by atomic mass is 16.3. The lowest BCUT2D eigenvalue weighted by molar-refractivity contribution is 0.669. The highest BCUT2D eigenvalue weighted by molar-refractivity contribution is 6.18. The molecule has 0 bridgehead atoms. The second kappa shape index (κ2) is 11.7. The molecular weight excluding hydrogens is 647 g/mol. The van der Waals surface area contributed by atoms with Crippen LogP contribution in [0.2, 0.25) is 0 Å². The smallest absolute Gasteiger partial charge is 0.145 e. The average molecular weight is 678 g/mol. The van der Waals surface area contributed by atoms with E-state index in [9.17, 15) is 0 Å². The average Bonchev–Trinajstić information content (AvgIpc) is 3.80. The van der Waals surface area contributed by atoms with Crippen molar-refractivity contribution >= 4 is 82.5 Å². The Hall–Kier alpha value is -7.10. The number of nitrogens with zero attached hydrogens (tertiary/aromatic N) is 1. The van der Waals surface area contributed by atoms with Gasteiger partial charge in [-0.2, -0.15) is 0 Å². The molecule has 0 aliphatic rings. The molecule has 3 heteroatoms. The lowest BCUT2D eigenvalue weighted by Crippen LogP contribution is -2.10. The van der Waals surface area contributed by atoms with Gasteiger partial charge in [0.25, 0.3) is 0 Å². The van der Waals surface area contributed by atoms with Crippen molar-refractivity contribution in [1.29, 1.82) is 0 Å². The lowest BCUT2D eigenvalue weighted by atomic mass is 9.98. The molecule has 9 aromatic carbocycles. The summed E-state index contributed by atoms with van der Waals surface area (Å²) in [6, 6.07) is 66.7. The van der Waals surface area contributed by atoms with Crippen molar-refractivity contribution in [3.63, 3.8) is 0 Å². The van der Waals surface area contributed by atoms with Gasteiger partial charge in [-0.15, -0.1) is 0 Å². The number of hydrogen-bond acceptors (Lipinski definition) is 3. The predicted molar refractivity (Wildman–Crippen MR) is 222 cm³/mol. The van der Waals surface area contributed by atoms with E-state index < -0.39 is 0 Å². The molecule has 0 saturated heterocycles. The van der Waals surface area contributed by atoms with Gasteiger partial charge in [0, 0.05) is 39.2 Å². The van der Waals surface area contributed by atoms with Crippen LogP contribution in [-0.2, 0) is 0 Å². The summed E-state index contributed by atoms with van der Waals surface area (Å²) in [6.45, 7) is 0. The Kier molecular flexibility index (Phi) is 6.55. The summed E-state index contributed by atoms with van der Waals surface area (Å²) in [6.07, 6.45) is 0. The van der Waals surface area contributed by atoms with Gasteiger partial charge < -0.3 is 13.7 Å². The molecule has 0 spiro atoms. The first-order valence-corrected chi connectivity index (χ1v) is 18.0. The van der Waals surface area contributed by atoms with Crippen LogP contribution in [0, 0.1) is 0 Å². The molecule has 0 atom stereocenters. The number of furan rings is 2. The van der Waals surface area contributed by atoms with Crippen molar-refractivity contribution in [1.82, 2.24) is 0 Å². The molecule has 0 N–H and O–H groups in total. The van der Waals surface area contributed by atoms with Crippen LogP contribution in [0.25, 0.3) is 87.7 Å². The van der Waals surface area contributed by atoms with Crippen LogP contribution in [0.1, 0.15) is 0 Å². The van der Waals surface area contributed by atoms with Crippen LogP contribution < -0.4 is 4.90 Å². The van der Waals surface area contributed by atoms with Gasteiger partial charge in [0.1, 0.15) is 22.3 Å². The van der Waals surface area contributed by atoms with Gasteiger partial charge in [-0.3, -0.25) is 0 Å². The molecule has 2 heterocycles. The van der Waals surface area contributed by atoms with E-state index in [1.165, 1.54) is 21.5 Å². The van der Waals surface area contributed by atoms with Gasteiger partial charge in [-0.05, 0) is 92.8 Å². The van der Waals surface area contributed by atoms with Crippen molar-refractivity contribution in [2.24, 2.45) is 0 Å². The van der Waals surface area contributed by atoms with Crippen LogP contribution in [0.3, 0.4) is 0 Å². The Balaban J connectivity index is 1.22. The van der Waals surface area contributed by atoms with E-state index in [1.807, 2.05) is 12.1 Å². The van der Waals surface area contributed by atoms with E-state index in [4.69, 9.17) is 8.83 Å². The molecule has 0 fully saturated rings. The Bertz CT molecular complexity index is 3170. The molecule has 0 amide bonds. The molecule has 11 rings (SSSR count). The lowest BCUT2D eigenvalue weighted by Gasteiger charge is -2.27. The first-order chi connectivity index (χ1) is 26.3. The maximum Gasteiger partial charge on any atom is 0.145 e. The number of hydrogen-bond donors (Lipinski definition) is 0. The van der Waals surface area contributed by atoms with Crippen LogP contribution in [0.5, 0.6) is 0 Å². The zero-order valence-corrected chi connectivity index (χ0v) is 28.7. The quantitative estimate of drug-likeness (QED) is 0.170. The number of para-hydroxylation sites is 1. The molecule has 0 unspecified atom stereocenters. The van der Waals surface area contributed by atoms with Crippen molar-refractivity contribution in [2.45, 2.75) is 0 Å². The SMILES string of the molecule is c1ccc(-c2ccc3c(c2)oc2c(-c4ccccc4)ccc(N(c4ccc5c(c4)oc4ccccc45)c4ccc5ccc6ccccc6c5c4)c23)cc1. The highest BCUT2D eigenvalue weighted by Gasteiger charge is 2.24. The topological polar surface area (TPSA) is 29.5 Å². The normalized spacial score (nSPS) is 11.8. The maximum atomic E-state index is 6.96. The number of benzene rings is 9. The van der Waals surface area contributed by atoms with Gasteiger partial charge in [-0.1, -0.05) is 127 Å². The maximum absolute atomic E-state index is 6.96. The molecule has 0 aliphatic heterocycles. The van der Waals surface area contributed by atoms with Crippen molar-refractivity contribution in [2.75, 3.05) is 4.90 Å². The molecule has 0 saturated carbocycles. The monoisotopic (exact) mass is 677 g/mol. The van der Waals surface area contributed by atoms with Crippen LogP contribution in [0.15, 0.2) is 197 Å².